The van der Waals surface area contributed by atoms with E-state index in [4.69, 9.17) is 4.74 Å². The van der Waals surface area contributed by atoms with Gasteiger partial charge in [0.2, 0.25) is 0 Å². The number of unbranched alkanes of at least 4 members (excludes halogenated alkanes) is 3. The first-order chi connectivity index (χ1) is 21.8. The maximum Gasteiger partial charge on any atom is 0.108 e. The lowest BCUT2D eigenvalue weighted by atomic mass is 9.59. The van der Waals surface area contributed by atoms with Crippen molar-refractivity contribution >= 4 is 5.57 Å². The average molecular weight is 625 g/mol. The van der Waals surface area contributed by atoms with Crippen LogP contribution < -0.4 is 0 Å². The summed E-state index contributed by atoms with van der Waals surface area (Å²) in [7, 11) is 1.88. The van der Waals surface area contributed by atoms with Gasteiger partial charge in [-0.2, -0.15) is 0 Å². The first-order valence-corrected chi connectivity index (χ1v) is 17.7. The molecule has 4 unspecified atom stereocenters. The van der Waals surface area contributed by atoms with Crippen molar-refractivity contribution in [1.29, 1.82) is 0 Å². The standard InChI is InChI=1S/C43H60O3/c1-11-12-13-14-18-35-32(5)39-37-19-15-16-21-38(37)43(29(2)22-23-30(3)44)34(25-24-31(4)45)26-28-42(46-10,41(7,8)9)27-17-20-36(35)33(6)40(39)43/h15-16,19,21-26,32-33,44-45H,4,11-14,17-18,20,27-28H2,1-3,5-10H3/b25-24-,29-22+,30-23+,34-26+. The molecule has 2 N–H and O–H groups in total. The Kier molecular flexibility index (Phi) is 11.2. The number of aliphatic hydroxyl groups excluding tert-OH is 2. The molecule has 3 heteroatoms. The predicted molar refractivity (Wildman–Crippen MR) is 196 cm³/mol. The Labute approximate surface area is 280 Å². The summed E-state index contributed by atoms with van der Waals surface area (Å²) in [6.45, 7) is 21.9. The molecule has 4 atom stereocenters. The van der Waals surface area contributed by atoms with Gasteiger partial charge in [0.25, 0.3) is 0 Å². The molecule has 3 aliphatic rings. The van der Waals surface area contributed by atoms with E-state index in [1.54, 1.807) is 24.1 Å². The van der Waals surface area contributed by atoms with Crippen LogP contribution in [0.2, 0.25) is 0 Å². The Morgan fingerprint density at radius 2 is 1.76 bits per heavy atom. The molecule has 3 nitrogen and oxygen atoms in total. The molecule has 46 heavy (non-hydrogen) atoms. The quantitative estimate of drug-likeness (QED) is 0.118. The summed E-state index contributed by atoms with van der Waals surface area (Å²) in [5.41, 5.74) is 9.99. The van der Waals surface area contributed by atoms with E-state index in [0.29, 0.717) is 5.92 Å². The molecule has 0 heterocycles. The molecule has 1 aromatic carbocycles. The van der Waals surface area contributed by atoms with E-state index in [1.807, 2.05) is 13.2 Å². The van der Waals surface area contributed by atoms with Gasteiger partial charge in [0, 0.05) is 18.9 Å². The summed E-state index contributed by atoms with van der Waals surface area (Å²) in [5.74, 6) is 0.861. The minimum absolute atomic E-state index is 0.0346. The monoisotopic (exact) mass is 624 g/mol. The number of methoxy groups -OCH3 is 1. The molecule has 0 aliphatic heterocycles. The molecule has 0 fully saturated rings. The van der Waals surface area contributed by atoms with E-state index in [0.717, 1.165) is 43.3 Å². The number of rotatable bonds is 10. The van der Waals surface area contributed by atoms with Gasteiger partial charge in [-0.15, -0.1) is 0 Å². The van der Waals surface area contributed by atoms with Crippen LogP contribution in [-0.2, 0) is 10.2 Å². The normalized spacial score (nSPS) is 28.7. The molecule has 4 rings (SSSR count). The number of benzene rings is 1. The molecule has 1 aromatic rings. The largest absolute Gasteiger partial charge is 0.513 e. The summed E-state index contributed by atoms with van der Waals surface area (Å²) in [6.07, 6.45) is 20.2. The smallest absolute Gasteiger partial charge is 0.108 e. The van der Waals surface area contributed by atoms with Gasteiger partial charge in [-0.1, -0.05) is 127 Å². The fourth-order valence-corrected chi connectivity index (χ4v) is 8.94. The Hall–Kier alpha value is -3.04. The van der Waals surface area contributed by atoms with Crippen molar-refractivity contribution < 1.29 is 14.9 Å². The average Bonchev–Trinajstić information content (AvgIpc) is 3.31. The van der Waals surface area contributed by atoms with Crippen LogP contribution in [0.5, 0.6) is 0 Å². The highest BCUT2D eigenvalue weighted by Crippen LogP contribution is 2.64. The number of hydrogen-bond acceptors (Lipinski definition) is 3. The third-order valence-corrected chi connectivity index (χ3v) is 11.4. The van der Waals surface area contributed by atoms with E-state index in [1.165, 1.54) is 48.0 Å². The van der Waals surface area contributed by atoms with Gasteiger partial charge in [0.15, 0.2) is 0 Å². The van der Waals surface area contributed by atoms with E-state index in [9.17, 15) is 10.2 Å². The molecule has 250 valence electrons. The lowest BCUT2D eigenvalue weighted by Gasteiger charge is -2.44. The summed E-state index contributed by atoms with van der Waals surface area (Å²) in [6, 6.07) is 8.98. The minimum atomic E-state index is -0.585. The summed E-state index contributed by atoms with van der Waals surface area (Å²) in [4.78, 5) is 0. The second-order valence-corrected chi connectivity index (χ2v) is 15.1. The van der Waals surface area contributed by atoms with Crippen molar-refractivity contribution in [3.05, 3.63) is 112 Å². The number of allylic oxidation sites excluding steroid dienone is 11. The van der Waals surface area contributed by atoms with Crippen molar-refractivity contribution in [2.45, 2.75) is 124 Å². The van der Waals surface area contributed by atoms with E-state index < -0.39 is 5.41 Å². The third-order valence-electron chi connectivity index (χ3n) is 11.4. The SMILES string of the molecule is C=C(O)/C=C\C1=C/CC(OC)(C(C)(C)C)CCCC2=C(CCCCCC)C(C)C3=C(C2C)C1(/C(C)=C/C=C(\C)O)c1ccccc13. The number of hydrogen-bond donors (Lipinski definition) is 2. The van der Waals surface area contributed by atoms with E-state index in [-0.39, 0.29) is 28.5 Å². The van der Waals surface area contributed by atoms with Gasteiger partial charge in [0.1, 0.15) is 5.76 Å². The van der Waals surface area contributed by atoms with E-state index in [2.05, 4.69) is 97.5 Å². The molecule has 0 amide bonds. The minimum Gasteiger partial charge on any atom is -0.513 e. The lowest BCUT2D eigenvalue weighted by Crippen LogP contribution is -2.44. The van der Waals surface area contributed by atoms with Gasteiger partial charge in [-0.25, -0.2) is 0 Å². The second kappa shape index (κ2) is 14.4. The zero-order chi connectivity index (χ0) is 33.9. The van der Waals surface area contributed by atoms with E-state index >= 15 is 0 Å². The first-order valence-electron chi connectivity index (χ1n) is 17.7. The van der Waals surface area contributed by atoms with Crippen LogP contribution in [0, 0.1) is 17.3 Å². The molecule has 3 aliphatic carbocycles. The molecule has 0 spiro atoms. The molecule has 0 radical (unpaired) electrons. The molecule has 2 bridgehead atoms. The van der Waals surface area contributed by atoms with Crippen LogP contribution in [0.4, 0.5) is 0 Å². The second-order valence-electron chi connectivity index (χ2n) is 15.1. The molecular formula is C43H60O3. The first kappa shape index (κ1) is 35.8. The van der Waals surface area contributed by atoms with Gasteiger partial charge in [-0.05, 0) is 97.8 Å². The fourth-order valence-electron chi connectivity index (χ4n) is 8.94. The highest BCUT2D eigenvalue weighted by Gasteiger charge is 2.53. The highest BCUT2D eigenvalue weighted by molar-refractivity contribution is 5.89. The maximum atomic E-state index is 10.4. The summed E-state index contributed by atoms with van der Waals surface area (Å²) < 4.78 is 6.57. The molecule has 0 saturated heterocycles. The van der Waals surface area contributed by atoms with Gasteiger partial charge < -0.3 is 14.9 Å². The Balaban J connectivity index is 2.16. The van der Waals surface area contributed by atoms with Crippen molar-refractivity contribution in [1.82, 2.24) is 0 Å². The zero-order valence-corrected chi connectivity index (χ0v) is 30.2. The highest BCUT2D eigenvalue weighted by atomic mass is 16.5. The van der Waals surface area contributed by atoms with Crippen LogP contribution in [0.15, 0.2) is 101 Å². The molecular weight excluding hydrogens is 564 g/mol. The fraction of sp³-hybridized carbons (Fsp3) is 0.535. The van der Waals surface area contributed by atoms with Crippen LogP contribution in [0.1, 0.15) is 124 Å². The van der Waals surface area contributed by atoms with Crippen LogP contribution in [-0.4, -0.2) is 22.9 Å². The van der Waals surface area contributed by atoms with Crippen LogP contribution in [0.25, 0.3) is 5.57 Å². The third kappa shape index (κ3) is 6.42. The number of aliphatic hydroxyl groups is 2. The molecule has 0 aromatic heterocycles. The number of fused-ring (bicyclic) bond motifs is 4. The van der Waals surface area contributed by atoms with Crippen LogP contribution in [0.3, 0.4) is 0 Å². The van der Waals surface area contributed by atoms with Gasteiger partial charge in [-0.3, -0.25) is 0 Å². The topological polar surface area (TPSA) is 49.7 Å². The van der Waals surface area contributed by atoms with Crippen molar-refractivity contribution in [3.8, 4) is 0 Å². The van der Waals surface area contributed by atoms with Gasteiger partial charge >= 0.3 is 0 Å². The van der Waals surface area contributed by atoms with Crippen LogP contribution >= 0.6 is 0 Å². The van der Waals surface area contributed by atoms with Gasteiger partial charge in [0.05, 0.1) is 16.8 Å². The predicted octanol–water partition coefficient (Wildman–Crippen LogP) is 12.2. The Morgan fingerprint density at radius 3 is 2.39 bits per heavy atom. The summed E-state index contributed by atoms with van der Waals surface area (Å²) in [5, 5.41) is 20.8. The van der Waals surface area contributed by atoms with Crippen molar-refractivity contribution in [2.24, 2.45) is 17.3 Å². The summed E-state index contributed by atoms with van der Waals surface area (Å²) >= 11 is 0. The van der Waals surface area contributed by atoms with Crippen molar-refractivity contribution in [2.75, 3.05) is 7.11 Å². The molecule has 0 saturated carbocycles. The Bertz CT molecular complexity index is 1480. The number of ether oxygens (including phenoxy) is 1. The lowest BCUT2D eigenvalue weighted by molar-refractivity contribution is -0.0966. The Morgan fingerprint density at radius 1 is 1.04 bits per heavy atom. The maximum absolute atomic E-state index is 10.4. The zero-order valence-electron chi connectivity index (χ0n) is 30.2. The van der Waals surface area contributed by atoms with Crippen molar-refractivity contribution in [3.63, 3.8) is 0 Å².